The van der Waals surface area contributed by atoms with E-state index < -0.39 is 0 Å². The highest BCUT2D eigenvalue weighted by Gasteiger charge is 1.91. The monoisotopic (exact) mass is 233 g/mol. The second-order valence-corrected chi connectivity index (χ2v) is 3.28. The van der Waals surface area contributed by atoms with Crippen molar-refractivity contribution in [3.63, 3.8) is 0 Å². The highest BCUT2D eigenvalue weighted by molar-refractivity contribution is 5.54. The second kappa shape index (κ2) is 6.27. The van der Waals surface area contributed by atoms with Crippen LogP contribution in [0.15, 0.2) is 48.5 Å². The van der Waals surface area contributed by atoms with Gasteiger partial charge in [-0.3, -0.25) is 0 Å². The normalized spacial score (nSPS) is 9.00. The molecule has 4 heteroatoms. The zero-order valence-corrected chi connectivity index (χ0v) is 9.46. The van der Waals surface area contributed by atoms with Crippen molar-refractivity contribution < 1.29 is 15.3 Å². The molecule has 0 spiro atoms. The number of nitrogens with one attached hydrogen (secondary N) is 1. The van der Waals surface area contributed by atoms with Crippen LogP contribution in [0.25, 0.3) is 0 Å². The third-order valence-electron chi connectivity index (χ3n) is 2.02. The minimum Gasteiger partial charge on any atom is -0.508 e. The first kappa shape index (κ1) is 12.7. The summed E-state index contributed by atoms with van der Waals surface area (Å²) < 4.78 is 0. The quantitative estimate of drug-likeness (QED) is 0.451. The number of para-hydroxylation sites is 2. The molecule has 0 aromatic heterocycles. The third-order valence-corrected chi connectivity index (χ3v) is 2.02. The van der Waals surface area contributed by atoms with Crippen LogP contribution in [0.2, 0.25) is 0 Å². The molecule has 0 aliphatic carbocycles. The van der Waals surface area contributed by atoms with Crippen molar-refractivity contribution in [3.05, 3.63) is 48.5 Å². The highest BCUT2D eigenvalue weighted by atomic mass is 16.3. The number of benzene rings is 2. The summed E-state index contributed by atoms with van der Waals surface area (Å²) in [6, 6.07) is 12.8. The predicted molar refractivity (Wildman–Crippen MR) is 67.4 cm³/mol. The van der Waals surface area contributed by atoms with Crippen molar-refractivity contribution >= 4 is 5.69 Å². The Morgan fingerprint density at radius 3 is 1.59 bits per heavy atom. The van der Waals surface area contributed by atoms with E-state index in [1.165, 1.54) is 24.3 Å². The Morgan fingerprint density at radius 1 is 0.765 bits per heavy atom. The van der Waals surface area contributed by atoms with E-state index in [0.29, 0.717) is 5.75 Å². The lowest BCUT2D eigenvalue weighted by Gasteiger charge is -1.99. The van der Waals surface area contributed by atoms with Crippen LogP contribution in [0.1, 0.15) is 0 Å². The van der Waals surface area contributed by atoms with Crippen LogP contribution in [-0.4, -0.2) is 22.4 Å². The highest BCUT2D eigenvalue weighted by Crippen LogP contribution is 2.19. The van der Waals surface area contributed by atoms with Gasteiger partial charge < -0.3 is 20.6 Å². The topological polar surface area (TPSA) is 72.7 Å². The van der Waals surface area contributed by atoms with E-state index in [-0.39, 0.29) is 11.5 Å². The number of hydrogen-bond acceptors (Lipinski definition) is 4. The second-order valence-electron chi connectivity index (χ2n) is 3.28. The number of phenolic OH excluding ortho intramolecular Hbond substituents is 3. The van der Waals surface area contributed by atoms with Gasteiger partial charge in [0.1, 0.15) is 17.2 Å². The molecule has 90 valence electrons. The smallest absolute Gasteiger partial charge is 0.138 e. The molecule has 0 amide bonds. The summed E-state index contributed by atoms with van der Waals surface area (Å²) in [7, 11) is 1.77. The van der Waals surface area contributed by atoms with Gasteiger partial charge in [0.25, 0.3) is 0 Å². The Labute approximate surface area is 99.8 Å². The zero-order chi connectivity index (χ0) is 12.7. The lowest BCUT2D eigenvalue weighted by Crippen LogP contribution is -1.86. The Balaban J connectivity index is 0.000000171. The molecule has 2 aromatic rings. The first-order valence-electron chi connectivity index (χ1n) is 5.07. The number of hydrogen-bond donors (Lipinski definition) is 4. The van der Waals surface area contributed by atoms with Crippen molar-refractivity contribution in [1.29, 1.82) is 0 Å². The standard InChI is InChI=1S/C7H9NO.C6H6O2/c1-8-6-4-2-3-5-7(6)9;7-5-1-2-6(8)4-3-5/h2-5,8-9H,1H3;1-4,7-8H. The van der Waals surface area contributed by atoms with E-state index in [0.717, 1.165) is 5.69 Å². The summed E-state index contributed by atoms with van der Waals surface area (Å²) in [6.45, 7) is 0. The van der Waals surface area contributed by atoms with Crippen LogP contribution in [-0.2, 0) is 0 Å². The van der Waals surface area contributed by atoms with Gasteiger partial charge in [0.05, 0.1) is 5.69 Å². The molecule has 4 nitrogen and oxygen atoms in total. The molecule has 2 aromatic carbocycles. The van der Waals surface area contributed by atoms with Crippen LogP contribution in [0.3, 0.4) is 0 Å². The Morgan fingerprint density at radius 2 is 1.24 bits per heavy atom. The van der Waals surface area contributed by atoms with Crippen LogP contribution in [0, 0.1) is 0 Å². The molecular formula is C13H15NO3. The van der Waals surface area contributed by atoms with Gasteiger partial charge in [0, 0.05) is 7.05 Å². The van der Waals surface area contributed by atoms with E-state index >= 15 is 0 Å². The largest absolute Gasteiger partial charge is 0.508 e. The number of anilines is 1. The molecule has 0 bridgehead atoms. The van der Waals surface area contributed by atoms with E-state index in [1.54, 1.807) is 19.2 Å². The molecule has 0 fully saturated rings. The number of rotatable bonds is 1. The summed E-state index contributed by atoms with van der Waals surface area (Å²) in [5.74, 6) is 0.630. The molecule has 0 radical (unpaired) electrons. The lowest BCUT2D eigenvalue weighted by molar-refractivity contribution is 0.460. The minimum absolute atomic E-state index is 0.169. The molecule has 0 unspecified atom stereocenters. The van der Waals surface area contributed by atoms with Gasteiger partial charge in [-0.05, 0) is 36.4 Å². The average molecular weight is 233 g/mol. The van der Waals surface area contributed by atoms with Gasteiger partial charge in [0.2, 0.25) is 0 Å². The van der Waals surface area contributed by atoms with Crippen molar-refractivity contribution in [2.24, 2.45) is 0 Å². The molecule has 0 aliphatic rings. The van der Waals surface area contributed by atoms with E-state index in [2.05, 4.69) is 5.32 Å². The molecule has 4 N–H and O–H groups in total. The Bertz CT molecular complexity index is 433. The summed E-state index contributed by atoms with van der Waals surface area (Å²) in [6.07, 6.45) is 0. The molecule has 0 heterocycles. The van der Waals surface area contributed by atoms with Gasteiger partial charge >= 0.3 is 0 Å². The first-order valence-corrected chi connectivity index (χ1v) is 5.07. The van der Waals surface area contributed by atoms with Crippen molar-refractivity contribution in [1.82, 2.24) is 0 Å². The van der Waals surface area contributed by atoms with E-state index in [9.17, 15) is 0 Å². The molecule has 0 saturated heterocycles. The zero-order valence-electron chi connectivity index (χ0n) is 9.46. The summed E-state index contributed by atoms with van der Waals surface area (Å²) in [4.78, 5) is 0. The predicted octanol–water partition coefficient (Wildman–Crippen LogP) is 2.53. The van der Waals surface area contributed by atoms with Crippen molar-refractivity contribution in [3.8, 4) is 17.2 Å². The first-order chi connectivity index (χ1) is 8.13. The Hall–Kier alpha value is -2.36. The molecule has 17 heavy (non-hydrogen) atoms. The fourth-order valence-corrected chi connectivity index (χ4v) is 1.14. The lowest BCUT2D eigenvalue weighted by atomic mass is 10.3. The fraction of sp³-hybridized carbons (Fsp3) is 0.0769. The molecular weight excluding hydrogens is 218 g/mol. The molecule has 0 saturated carbocycles. The molecule has 0 atom stereocenters. The SMILES string of the molecule is CNc1ccccc1O.Oc1ccc(O)cc1. The average Bonchev–Trinajstić information content (AvgIpc) is 2.34. The van der Waals surface area contributed by atoms with E-state index in [4.69, 9.17) is 15.3 Å². The summed E-state index contributed by atoms with van der Waals surface area (Å²) >= 11 is 0. The fourth-order valence-electron chi connectivity index (χ4n) is 1.14. The summed E-state index contributed by atoms with van der Waals surface area (Å²) in [5, 5.41) is 29.2. The van der Waals surface area contributed by atoms with Crippen molar-refractivity contribution in [2.45, 2.75) is 0 Å². The van der Waals surface area contributed by atoms with Gasteiger partial charge in [-0.2, -0.15) is 0 Å². The van der Waals surface area contributed by atoms with Gasteiger partial charge in [-0.25, -0.2) is 0 Å². The van der Waals surface area contributed by atoms with Crippen LogP contribution < -0.4 is 5.32 Å². The minimum atomic E-state index is 0.169. The maximum atomic E-state index is 9.05. The number of aromatic hydroxyl groups is 3. The maximum Gasteiger partial charge on any atom is 0.138 e. The number of phenols is 3. The summed E-state index contributed by atoms with van der Waals surface area (Å²) in [5.41, 5.74) is 0.762. The third kappa shape index (κ3) is 4.34. The van der Waals surface area contributed by atoms with Gasteiger partial charge in [-0.15, -0.1) is 0 Å². The molecule has 2 rings (SSSR count). The maximum absolute atomic E-state index is 9.05. The van der Waals surface area contributed by atoms with Crippen molar-refractivity contribution in [2.75, 3.05) is 12.4 Å². The Kier molecular flexibility index (Phi) is 4.69. The van der Waals surface area contributed by atoms with Crippen LogP contribution >= 0.6 is 0 Å². The van der Waals surface area contributed by atoms with Crippen LogP contribution in [0.4, 0.5) is 5.69 Å². The van der Waals surface area contributed by atoms with Crippen LogP contribution in [0.5, 0.6) is 17.2 Å². The van der Waals surface area contributed by atoms with Gasteiger partial charge in [-0.1, -0.05) is 12.1 Å². The van der Waals surface area contributed by atoms with E-state index in [1.807, 2.05) is 12.1 Å². The van der Waals surface area contributed by atoms with Gasteiger partial charge in [0.15, 0.2) is 0 Å². The molecule has 0 aliphatic heterocycles.